The summed E-state index contributed by atoms with van der Waals surface area (Å²) < 4.78 is 5.80. The Morgan fingerprint density at radius 1 is 1.30 bits per heavy atom. The van der Waals surface area contributed by atoms with Gasteiger partial charge in [0.2, 0.25) is 0 Å². The highest BCUT2D eigenvalue weighted by Gasteiger charge is 2.15. The molecular formula is C18H24N2O3. The number of aromatic nitrogens is 1. The summed E-state index contributed by atoms with van der Waals surface area (Å²) >= 11 is 0. The van der Waals surface area contributed by atoms with Gasteiger partial charge in [-0.3, -0.25) is 0 Å². The third-order valence-corrected chi connectivity index (χ3v) is 4.51. The topological polar surface area (TPSA) is 65.6 Å². The number of rotatable bonds is 7. The molecule has 0 saturated carbocycles. The number of aromatic carboxylic acids is 1. The monoisotopic (exact) mass is 316 g/mol. The summed E-state index contributed by atoms with van der Waals surface area (Å²) in [6, 6.07) is 5.60. The lowest BCUT2D eigenvalue weighted by Crippen LogP contribution is -2.20. The lowest BCUT2D eigenvalue weighted by molar-refractivity contribution is 0.0698. The number of nitrogens with one attached hydrogen (secondary N) is 1. The van der Waals surface area contributed by atoms with E-state index in [0.717, 1.165) is 30.7 Å². The molecule has 23 heavy (non-hydrogen) atoms. The Labute approximate surface area is 136 Å². The second kappa shape index (κ2) is 7.04. The van der Waals surface area contributed by atoms with Crippen LogP contribution in [0.15, 0.2) is 18.2 Å². The van der Waals surface area contributed by atoms with Crippen molar-refractivity contribution in [1.82, 2.24) is 9.88 Å². The number of aromatic amines is 1. The summed E-state index contributed by atoms with van der Waals surface area (Å²) in [5.74, 6) is -0.170. The van der Waals surface area contributed by atoms with E-state index in [4.69, 9.17) is 4.74 Å². The molecule has 124 valence electrons. The van der Waals surface area contributed by atoms with Crippen LogP contribution in [0.25, 0.3) is 10.9 Å². The number of aryl methyl sites for hydroxylation is 1. The predicted molar refractivity (Wildman–Crippen MR) is 90.4 cm³/mol. The average molecular weight is 316 g/mol. The summed E-state index contributed by atoms with van der Waals surface area (Å²) in [5, 5.41) is 10.0. The molecular weight excluding hydrogens is 292 g/mol. The number of hydrogen-bond acceptors (Lipinski definition) is 3. The maximum atomic E-state index is 11.4. The number of carbonyl (C=O) groups is 1. The summed E-state index contributed by atoms with van der Waals surface area (Å²) in [4.78, 5) is 17.0. The molecule has 3 rings (SSSR count). The van der Waals surface area contributed by atoms with Crippen molar-refractivity contribution in [3.8, 4) is 5.75 Å². The van der Waals surface area contributed by atoms with Crippen molar-refractivity contribution >= 4 is 16.9 Å². The molecule has 0 bridgehead atoms. The fourth-order valence-corrected chi connectivity index (χ4v) is 3.30. The van der Waals surface area contributed by atoms with Crippen molar-refractivity contribution in [3.05, 3.63) is 29.5 Å². The van der Waals surface area contributed by atoms with Gasteiger partial charge in [-0.15, -0.1) is 0 Å². The molecule has 1 aromatic carbocycles. The number of hydrogen-bond donors (Lipinski definition) is 2. The smallest absolute Gasteiger partial charge is 0.338 e. The van der Waals surface area contributed by atoms with Gasteiger partial charge in [0.05, 0.1) is 12.2 Å². The standard InChI is InChI=1S/C18H24N2O3/c1-13-17(18(21)22)15-12-14(6-7-16(15)19-13)23-11-5-4-10-20-8-2-3-9-20/h6-7,12,19H,2-5,8-11H2,1H3,(H,21,22). The minimum atomic E-state index is -0.906. The molecule has 2 N–H and O–H groups in total. The maximum Gasteiger partial charge on any atom is 0.338 e. The van der Waals surface area contributed by atoms with Gasteiger partial charge in [-0.2, -0.15) is 0 Å². The van der Waals surface area contributed by atoms with Crippen LogP contribution in [-0.2, 0) is 0 Å². The van der Waals surface area contributed by atoms with Crippen LogP contribution in [0.5, 0.6) is 5.75 Å². The Morgan fingerprint density at radius 2 is 2.09 bits per heavy atom. The normalized spacial score (nSPS) is 15.3. The molecule has 1 saturated heterocycles. The molecule has 0 spiro atoms. The van der Waals surface area contributed by atoms with Crippen LogP contribution in [-0.4, -0.2) is 47.2 Å². The molecule has 1 aliphatic heterocycles. The molecule has 5 heteroatoms. The van der Waals surface area contributed by atoms with E-state index in [1.807, 2.05) is 18.2 Å². The van der Waals surface area contributed by atoms with Crippen molar-refractivity contribution < 1.29 is 14.6 Å². The second-order valence-electron chi connectivity index (χ2n) is 6.24. The Kier molecular flexibility index (Phi) is 4.86. The quantitative estimate of drug-likeness (QED) is 0.768. The first-order valence-corrected chi connectivity index (χ1v) is 8.36. The van der Waals surface area contributed by atoms with Gasteiger partial charge in [-0.1, -0.05) is 0 Å². The summed E-state index contributed by atoms with van der Waals surface area (Å²) in [7, 11) is 0. The molecule has 1 fully saturated rings. The zero-order chi connectivity index (χ0) is 16.2. The highest BCUT2D eigenvalue weighted by atomic mass is 16.5. The Balaban J connectivity index is 1.55. The van der Waals surface area contributed by atoms with Crippen LogP contribution in [0.4, 0.5) is 0 Å². The number of fused-ring (bicyclic) bond motifs is 1. The molecule has 0 unspecified atom stereocenters. The molecule has 5 nitrogen and oxygen atoms in total. The van der Waals surface area contributed by atoms with Gasteiger partial charge < -0.3 is 19.7 Å². The molecule has 0 radical (unpaired) electrons. The van der Waals surface area contributed by atoms with Gasteiger partial charge >= 0.3 is 5.97 Å². The van der Waals surface area contributed by atoms with Crippen LogP contribution in [0, 0.1) is 6.92 Å². The largest absolute Gasteiger partial charge is 0.494 e. The average Bonchev–Trinajstić information content (AvgIpc) is 3.12. The van der Waals surface area contributed by atoms with E-state index < -0.39 is 5.97 Å². The van der Waals surface area contributed by atoms with Gasteiger partial charge in [0.1, 0.15) is 5.75 Å². The Bertz CT molecular complexity index is 687. The van der Waals surface area contributed by atoms with Gasteiger partial charge in [-0.25, -0.2) is 4.79 Å². The number of ether oxygens (including phenoxy) is 1. The van der Waals surface area contributed by atoms with Crippen molar-refractivity contribution in [2.24, 2.45) is 0 Å². The predicted octanol–water partition coefficient (Wildman–Crippen LogP) is 3.43. The third-order valence-electron chi connectivity index (χ3n) is 4.51. The number of H-pyrrole nitrogens is 1. The number of benzene rings is 1. The van der Waals surface area contributed by atoms with Crippen LogP contribution >= 0.6 is 0 Å². The number of nitrogens with zero attached hydrogens (tertiary/aromatic N) is 1. The van der Waals surface area contributed by atoms with Crippen molar-refractivity contribution in [2.45, 2.75) is 32.6 Å². The van der Waals surface area contributed by atoms with E-state index in [9.17, 15) is 9.90 Å². The Hall–Kier alpha value is -2.01. The van der Waals surface area contributed by atoms with E-state index in [1.54, 1.807) is 6.92 Å². The van der Waals surface area contributed by atoms with E-state index in [2.05, 4.69) is 9.88 Å². The fourth-order valence-electron chi connectivity index (χ4n) is 3.30. The number of unbranched alkanes of at least 4 members (excludes halogenated alkanes) is 1. The van der Waals surface area contributed by atoms with Crippen molar-refractivity contribution in [1.29, 1.82) is 0 Å². The van der Waals surface area contributed by atoms with E-state index in [1.165, 1.54) is 25.9 Å². The van der Waals surface area contributed by atoms with E-state index in [0.29, 0.717) is 23.3 Å². The lowest BCUT2D eigenvalue weighted by atomic mass is 10.1. The third kappa shape index (κ3) is 3.67. The second-order valence-corrected chi connectivity index (χ2v) is 6.24. The molecule has 2 heterocycles. The summed E-state index contributed by atoms with van der Waals surface area (Å²) in [5.41, 5.74) is 1.84. The maximum absolute atomic E-state index is 11.4. The van der Waals surface area contributed by atoms with Crippen LogP contribution in [0.1, 0.15) is 41.7 Å². The fraction of sp³-hybridized carbons (Fsp3) is 0.500. The van der Waals surface area contributed by atoms with E-state index in [-0.39, 0.29) is 0 Å². The summed E-state index contributed by atoms with van der Waals surface area (Å²) in [6.45, 7) is 6.08. The number of carboxylic acids is 1. The first kappa shape index (κ1) is 15.9. The number of carboxylic acid groups (broad SMARTS) is 1. The minimum Gasteiger partial charge on any atom is -0.494 e. The molecule has 2 aromatic rings. The first-order chi connectivity index (χ1) is 11.1. The van der Waals surface area contributed by atoms with Gasteiger partial charge in [-0.05, 0) is 70.4 Å². The van der Waals surface area contributed by atoms with Gasteiger partial charge in [0, 0.05) is 16.6 Å². The molecule has 0 amide bonds. The molecule has 0 atom stereocenters. The number of likely N-dealkylation sites (tertiary alicyclic amines) is 1. The summed E-state index contributed by atoms with van der Waals surface area (Å²) in [6.07, 6.45) is 4.83. The van der Waals surface area contributed by atoms with Gasteiger partial charge in [0.25, 0.3) is 0 Å². The molecule has 0 aliphatic carbocycles. The van der Waals surface area contributed by atoms with Crippen molar-refractivity contribution in [2.75, 3.05) is 26.2 Å². The molecule has 1 aromatic heterocycles. The highest BCUT2D eigenvalue weighted by molar-refractivity contribution is 6.05. The van der Waals surface area contributed by atoms with E-state index >= 15 is 0 Å². The van der Waals surface area contributed by atoms with Crippen LogP contribution < -0.4 is 4.74 Å². The van der Waals surface area contributed by atoms with Gasteiger partial charge in [0.15, 0.2) is 0 Å². The lowest BCUT2D eigenvalue weighted by Gasteiger charge is -2.14. The van der Waals surface area contributed by atoms with Crippen LogP contribution in [0.2, 0.25) is 0 Å². The zero-order valence-corrected chi connectivity index (χ0v) is 13.6. The Morgan fingerprint density at radius 3 is 2.83 bits per heavy atom. The highest BCUT2D eigenvalue weighted by Crippen LogP contribution is 2.26. The minimum absolute atomic E-state index is 0.333. The van der Waals surface area contributed by atoms with Crippen LogP contribution in [0.3, 0.4) is 0 Å². The zero-order valence-electron chi connectivity index (χ0n) is 13.6. The molecule has 1 aliphatic rings. The SMILES string of the molecule is Cc1[nH]c2ccc(OCCCCN3CCCC3)cc2c1C(=O)O. The first-order valence-electron chi connectivity index (χ1n) is 8.36. The van der Waals surface area contributed by atoms with Crippen molar-refractivity contribution in [3.63, 3.8) is 0 Å².